The molecule has 5 nitrogen and oxygen atoms in total. The zero-order valence-electron chi connectivity index (χ0n) is 9.63. The lowest BCUT2D eigenvalue weighted by Gasteiger charge is -2.04. The Bertz CT molecular complexity index is 486. The first-order chi connectivity index (χ1) is 8.16. The number of nitrogens with zero attached hydrogens (tertiary/aromatic N) is 2. The summed E-state index contributed by atoms with van der Waals surface area (Å²) in [6, 6.07) is 5.59. The van der Waals surface area contributed by atoms with Crippen LogP contribution in [0.3, 0.4) is 0 Å². The largest absolute Gasteiger partial charge is 0.393 e. The molecule has 17 heavy (non-hydrogen) atoms. The molecule has 2 rings (SSSR count). The van der Waals surface area contributed by atoms with Gasteiger partial charge in [0.1, 0.15) is 11.3 Å². The smallest absolute Gasteiger partial charge is 0.271 e. The third-order valence-electron chi connectivity index (χ3n) is 2.44. The first kappa shape index (κ1) is 11.6. The molecule has 0 aromatic carbocycles. The van der Waals surface area contributed by atoms with E-state index in [0.717, 1.165) is 5.65 Å². The number of hydrogen-bond acceptors (Lipinski definition) is 3. The second-order valence-electron chi connectivity index (χ2n) is 3.99. The standard InChI is InChI=1S/C12H15N3O2/c1-9(16)5-6-13-12(17)10-8-15-7-3-2-4-11(15)14-10/h2-4,7-9,16H,5-6H2,1H3,(H,13,17). The lowest BCUT2D eigenvalue weighted by molar-refractivity contribution is 0.0941. The molecule has 2 N–H and O–H groups in total. The van der Waals surface area contributed by atoms with Crippen molar-refractivity contribution in [1.29, 1.82) is 0 Å². The minimum absolute atomic E-state index is 0.214. The van der Waals surface area contributed by atoms with Gasteiger partial charge in [0.2, 0.25) is 0 Å². The molecule has 0 radical (unpaired) electrons. The zero-order valence-corrected chi connectivity index (χ0v) is 9.63. The Morgan fingerprint density at radius 1 is 1.59 bits per heavy atom. The Morgan fingerprint density at radius 3 is 3.12 bits per heavy atom. The number of carbonyl (C=O) groups is 1. The highest BCUT2D eigenvalue weighted by molar-refractivity contribution is 5.92. The van der Waals surface area contributed by atoms with Crippen LogP contribution in [0.15, 0.2) is 30.6 Å². The molecule has 0 spiro atoms. The fourth-order valence-electron chi connectivity index (χ4n) is 1.53. The summed E-state index contributed by atoms with van der Waals surface area (Å²) in [5.74, 6) is -0.214. The molecular formula is C12H15N3O2. The maximum absolute atomic E-state index is 11.7. The number of carbonyl (C=O) groups excluding carboxylic acids is 1. The Kier molecular flexibility index (Phi) is 3.39. The summed E-state index contributed by atoms with van der Waals surface area (Å²) in [7, 11) is 0. The van der Waals surface area contributed by atoms with Gasteiger partial charge in [-0.15, -0.1) is 0 Å². The number of amides is 1. The highest BCUT2D eigenvalue weighted by Crippen LogP contribution is 2.04. The number of pyridine rings is 1. The number of aliphatic hydroxyl groups excluding tert-OH is 1. The first-order valence-electron chi connectivity index (χ1n) is 5.57. The van der Waals surface area contributed by atoms with Crippen molar-refractivity contribution in [2.45, 2.75) is 19.4 Å². The van der Waals surface area contributed by atoms with E-state index in [9.17, 15) is 4.79 Å². The molecule has 2 aromatic heterocycles. The highest BCUT2D eigenvalue weighted by Gasteiger charge is 2.09. The summed E-state index contributed by atoms with van der Waals surface area (Å²) in [4.78, 5) is 15.9. The minimum Gasteiger partial charge on any atom is -0.393 e. The van der Waals surface area contributed by atoms with E-state index in [4.69, 9.17) is 5.11 Å². The Morgan fingerprint density at radius 2 is 2.41 bits per heavy atom. The molecule has 5 heteroatoms. The average molecular weight is 233 g/mol. The summed E-state index contributed by atoms with van der Waals surface area (Å²) in [6.45, 7) is 2.14. The van der Waals surface area contributed by atoms with Crippen LogP contribution in [0.1, 0.15) is 23.8 Å². The third-order valence-corrected chi connectivity index (χ3v) is 2.44. The minimum atomic E-state index is -0.406. The number of imidazole rings is 1. The molecule has 2 heterocycles. The Labute approximate surface area is 99.1 Å². The van der Waals surface area contributed by atoms with E-state index in [-0.39, 0.29) is 5.91 Å². The van der Waals surface area contributed by atoms with Gasteiger partial charge >= 0.3 is 0 Å². The molecule has 0 fully saturated rings. The van der Waals surface area contributed by atoms with Gasteiger partial charge in [-0.1, -0.05) is 6.07 Å². The Hall–Kier alpha value is -1.88. The van der Waals surface area contributed by atoms with Crippen molar-refractivity contribution in [3.05, 3.63) is 36.3 Å². The van der Waals surface area contributed by atoms with Crippen LogP contribution >= 0.6 is 0 Å². The average Bonchev–Trinajstić information content (AvgIpc) is 2.71. The van der Waals surface area contributed by atoms with Gasteiger partial charge in [-0.25, -0.2) is 4.98 Å². The van der Waals surface area contributed by atoms with Crippen LogP contribution in [0, 0.1) is 0 Å². The van der Waals surface area contributed by atoms with Crippen molar-refractivity contribution in [1.82, 2.24) is 14.7 Å². The molecule has 0 aliphatic carbocycles. The lowest BCUT2D eigenvalue weighted by atomic mass is 10.3. The van der Waals surface area contributed by atoms with Gasteiger partial charge in [0.25, 0.3) is 5.91 Å². The monoisotopic (exact) mass is 233 g/mol. The normalized spacial score (nSPS) is 12.6. The number of hydrogen-bond donors (Lipinski definition) is 2. The topological polar surface area (TPSA) is 66.6 Å². The van der Waals surface area contributed by atoms with Crippen molar-refractivity contribution in [3.63, 3.8) is 0 Å². The van der Waals surface area contributed by atoms with Crippen LogP contribution < -0.4 is 5.32 Å². The van der Waals surface area contributed by atoms with Crippen molar-refractivity contribution in [3.8, 4) is 0 Å². The second-order valence-corrected chi connectivity index (χ2v) is 3.99. The van der Waals surface area contributed by atoms with Gasteiger partial charge in [-0.05, 0) is 25.5 Å². The number of rotatable bonds is 4. The second kappa shape index (κ2) is 4.97. The molecule has 0 aliphatic heterocycles. The van der Waals surface area contributed by atoms with Gasteiger partial charge in [-0.2, -0.15) is 0 Å². The number of nitrogens with one attached hydrogen (secondary N) is 1. The molecule has 0 saturated heterocycles. The van der Waals surface area contributed by atoms with E-state index in [1.165, 1.54) is 0 Å². The van der Waals surface area contributed by atoms with Crippen molar-refractivity contribution in [2.75, 3.05) is 6.54 Å². The predicted molar refractivity (Wildman–Crippen MR) is 63.8 cm³/mol. The van der Waals surface area contributed by atoms with E-state index in [1.54, 1.807) is 17.5 Å². The van der Waals surface area contributed by atoms with Gasteiger partial charge in [0.05, 0.1) is 6.10 Å². The third kappa shape index (κ3) is 2.82. The molecule has 90 valence electrons. The number of aromatic nitrogens is 2. The fourth-order valence-corrected chi connectivity index (χ4v) is 1.53. The van der Waals surface area contributed by atoms with Gasteiger partial charge in [-0.3, -0.25) is 4.79 Å². The quantitative estimate of drug-likeness (QED) is 0.822. The number of fused-ring (bicyclic) bond motifs is 1. The summed E-state index contributed by atoms with van der Waals surface area (Å²) in [5, 5.41) is 11.8. The van der Waals surface area contributed by atoms with Crippen LogP contribution in [0.4, 0.5) is 0 Å². The van der Waals surface area contributed by atoms with E-state index in [2.05, 4.69) is 10.3 Å². The molecule has 1 atom stereocenters. The van der Waals surface area contributed by atoms with E-state index in [1.807, 2.05) is 24.4 Å². The molecule has 1 amide bonds. The molecule has 0 saturated carbocycles. The molecular weight excluding hydrogens is 218 g/mol. The lowest BCUT2D eigenvalue weighted by Crippen LogP contribution is -2.26. The van der Waals surface area contributed by atoms with Crippen LogP contribution in [-0.2, 0) is 0 Å². The number of aliphatic hydroxyl groups is 1. The maximum atomic E-state index is 11.7. The summed E-state index contributed by atoms with van der Waals surface area (Å²) >= 11 is 0. The first-order valence-corrected chi connectivity index (χ1v) is 5.57. The molecule has 0 bridgehead atoms. The van der Waals surface area contributed by atoms with Crippen molar-refractivity contribution >= 4 is 11.6 Å². The summed E-state index contributed by atoms with van der Waals surface area (Å²) in [6.07, 6.45) is 3.66. The highest BCUT2D eigenvalue weighted by atomic mass is 16.3. The van der Waals surface area contributed by atoms with Crippen LogP contribution in [-0.4, -0.2) is 33.0 Å². The van der Waals surface area contributed by atoms with Crippen molar-refractivity contribution in [2.24, 2.45) is 0 Å². The van der Waals surface area contributed by atoms with Crippen LogP contribution in [0.2, 0.25) is 0 Å². The zero-order chi connectivity index (χ0) is 12.3. The van der Waals surface area contributed by atoms with Crippen molar-refractivity contribution < 1.29 is 9.90 Å². The molecule has 0 aliphatic rings. The maximum Gasteiger partial charge on any atom is 0.271 e. The van der Waals surface area contributed by atoms with Gasteiger partial charge < -0.3 is 14.8 Å². The summed E-state index contributed by atoms with van der Waals surface area (Å²) in [5.41, 5.74) is 1.13. The molecule has 2 aromatic rings. The van der Waals surface area contributed by atoms with Gasteiger partial charge in [0.15, 0.2) is 0 Å². The van der Waals surface area contributed by atoms with Crippen LogP contribution in [0.5, 0.6) is 0 Å². The van der Waals surface area contributed by atoms with E-state index in [0.29, 0.717) is 18.7 Å². The van der Waals surface area contributed by atoms with E-state index < -0.39 is 6.10 Å². The fraction of sp³-hybridized carbons (Fsp3) is 0.333. The predicted octanol–water partition coefficient (Wildman–Crippen LogP) is 0.835. The Balaban J connectivity index is 2.04. The van der Waals surface area contributed by atoms with Gasteiger partial charge in [0, 0.05) is 18.9 Å². The summed E-state index contributed by atoms with van der Waals surface area (Å²) < 4.78 is 1.80. The molecule has 1 unspecified atom stereocenters. The van der Waals surface area contributed by atoms with Crippen LogP contribution in [0.25, 0.3) is 5.65 Å². The SMILES string of the molecule is CC(O)CCNC(=O)c1cn2ccccc2n1. The van der Waals surface area contributed by atoms with E-state index >= 15 is 0 Å².